The lowest BCUT2D eigenvalue weighted by molar-refractivity contribution is -0.117. The Morgan fingerprint density at radius 3 is 2.50 bits per heavy atom. The van der Waals surface area contributed by atoms with Gasteiger partial charge >= 0.3 is 11.9 Å². The highest BCUT2D eigenvalue weighted by molar-refractivity contribution is 6.17. The van der Waals surface area contributed by atoms with Crippen LogP contribution < -0.4 is 10.6 Å². The predicted octanol–water partition coefficient (Wildman–Crippen LogP) is 1.82. The molecule has 0 bridgehead atoms. The first-order chi connectivity index (χ1) is 12.5. The van der Waals surface area contributed by atoms with Crippen LogP contribution in [0, 0.1) is 11.3 Å². The van der Waals surface area contributed by atoms with Gasteiger partial charge in [0.25, 0.3) is 5.91 Å². The van der Waals surface area contributed by atoms with Crippen molar-refractivity contribution >= 4 is 35.1 Å². The summed E-state index contributed by atoms with van der Waals surface area (Å²) in [4.78, 5) is 35.4. The van der Waals surface area contributed by atoms with Crippen LogP contribution in [0.2, 0.25) is 0 Å². The van der Waals surface area contributed by atoms with Crippen molar-refractivity contribution in [2.75, 3.05) is 32.0 Å². The zero-order valence-electron chi connectivity index (χ0n) is 14.3. The maximum Gasteiger partial charge on any atom is 0.339 e. The quantitative estimate of drug-likeness (QED) is 0.232. The van der Waals surface area contributed by atoms with Crippen LogP contribution in [0.5, 0.6) is 0 Å². The molecule has 1 amide bonds. The van der Waals surface area contributed by atoms with E-state index in [1.54, 1.807) is 6.07 Å². The number of nitriles is 1. The van der Waals surface area contributed by atoms with Crippen molar-refractivity contribution in [2.24, 2.45) is 0 Å². The van der Waals surface area contributed by atoms with Crippen molar-refractivity contribution in [3.8, 4) is 6.07 Å². The van der Waals surface area contributed by atoms with Crippen LogP contribution >= 0.6 is 11.6 Å². The summed E-state index contributed by atoms with van der Waals surface area (Å²) in [6.07, 6.45) is 1.70. The minimum atomic E-state index is -0.651. The van der Waals surface area contributed by atoms with Crippen LogP contribution in [0.4, 0.5) is 5.69 Å². The van der Waals surface area contributed by atoms with Gasteiger partial charge < -0.3 is 20.1 Å². The van der Waals surface area contributed by atoms with E-state index in [9.17, 15) is 14.4 Å². The molecule has 0 atom stereocenters. The summed E-state index contributed by atoms with van der Waals surface area (Å²) in [5.41, 5.74) is 0.275. The third kappa shape index (κ3) is 5.79. The molecule has 0 saturated heterocycles. The molecule has 0 aliphatic carbocycles. The smallest absolute Gasteiger partial charge is 0.339 e. The first-order valence-electron chi connectivity index (χ1n) is 7.50. The molecule has 0 heterocycles. The Bertz CT molecular complexity index is 755. The summed E-state index contributed by atoms with van der Waals surface area (Å²) in [6, 6.07) is 5.89. The fourth-order valence-corrected chi connectivity index (χ4v) is 1.99. The fourth-order valence-electron chi connectivity index (χ4n) is 1.86. The number of ether oxygens (including phenoxy) is 2. The number of esters is 2. The number of benzene rings is 1. The van der Waals surface area contributed by atoms with Crippen molar-refractivity contribution in [2.45, 2.75) is 6.42 Å². The van der Waals surface area contributed by atoms with Crippen LogP contribution in [0.1, 0.15) is 27.1 Å². The van der Waals surface area contributed by atoms with Crippen molar-refractivity contribution in [3.05, 3.63) is 41.1 Å². The summed E-state index contributed by atoms with van der Waals surface area (Å²) in [5, 5.41) is 14.4. The number of halogens is 1. The molecule has 26 heavy (non-hydrogen) atoms. The third-order valence-electron chi connectivity index (χ3n) is 3.18. The van der Waals surface area contributed by atoms with E-state index in [1.165, 1.54) is 32.4 Å². The Morgan fingerprint density at radius 2 is 1.92 bits per heavy atom. The summed E-state index contributed by atoms with van der Waals surface area (Å²) in [6.45, 7) is 0.326. The van der Waals surface area contributed by atoms with Crippen LogP contribution in [-0.4, -0.2) is 44.5 Å². The second-order valence-corrected chi connectivity index (χ2v) is 5.23. The molecule has 0 fully saturated rings. The van der Waals surface area contributed by atoms with Gasteiger partial charge in [0.2, 0.25) is 0 Å². The molecular formula is C17H18ClN3O5. The summed E-state index contributed by atoms with van der Waals surface area (Å²) in [5.74, 6) is -1.46. The van der Waals surface area contributed by atoms with Crippen molar-refractivity contribution in [1.29, 1.82) is 5.26 Å². The SMILES string of the molecule is COC(=O)c1ccc(C(=O)OC)c(N/C=C(/C#N)C(=O)NCCCCl)c1. The zero-order valence-corrected chi connectivity index (χ0v) is 15.1. The molecule has 8 nitrogen and oxygen atoms in total. The lowest BCUT2D eigenvalue weighted by Crippen LogP contribution is -2.26. The van der Waals surface area contributed by atoms with E-state index in [2.05, 4.69) is 20.1 Å². The number of carbonyl (C=O) groups is 3. The van der Waals surface area contributed by atoms with E-state index >= 15 is 0 Å². The highest BCUT2D eigenvalue weighted by atomic mass is 35.5. The number of alkyl halides is 1. The molecular weight excluding hydrogens is 362 g/mol. The lowest BCUT2D eigenvalue weighted by atomic mass is 10.1. The molecule has 2 N–H and O–H groups in total. The van der Waals surface area contributed by atoms with Gasteiger partial charge in [0, 0.05) is 18.6 Å². The molecule has 9 heteroatoms. The Balaban J connectivity index is 3.11. The molecule has 0 spiro atoms. The summed E-state index contributed by atoms with van der Waals surface area (Å²) >= 11 is 5.53. The Kier molecular flexibility index (Phi) is 8.67. The van der Waals surface area contributed by atoms with Gasteiger partial charge in [0.05, 0.1) is 31.0 Å². The summed E-state index contributed by atoms with van der Waals surface area (Å²) < 4.78 is 9.31. The maximum absolute atomic E-state index is 11.9. The van der Waals surface area contributed by atoms with E-state index < -0.39 is 17.8 Å². The van der Waals surface area contributed by atoms with Crippen LogP contribution in [0.25, 0.3) is 0 Å². The van der Waals surface area contributed by atoms with Crippen LogP contribution in [0.3, 0.4) is 0 Å². The molecule has 1 aromatic rings. The fraction of sp³-hybridized carbons (Fsp3) is 0.294. The number of hydrogen-bond acceptors (Lipinski definition) is 7. The molecule has 0 unspecified atom stereocenters. The number of methoxy groups -OCH3 is 2. The van der Waals surface area contributed by atoms with Gasteiger partial charge in [0.1, 0.15) is 11.6 Å². The summed E-state index contributed by atoms with van der Waals surface area (Å²) in [7, 11) is 2.43. The number of nitrogens with one attached hydrogen (secondary N) is 2. The van der Waals surface area contributed by atoms with Gasteiger partial charge in [0.15, 0.2) is 0 Å². The average molecular weight is 380 g/mol. The average Bonchev–Trinajstić information content (AvgIpc) is 2.67. The van der Waals surface area contributed by atoms with Gasteiger partial charge in [-0.05, 0) is 24.6 Å². The normalized spacial score (nSPS) is 10.5. The second kappa shape index (κ2) is 10.7. The molecule has 0 aliphatic heterocycles. The van der Waals surface area contributed by atoms with E-state index in [-0.39, 0.29) is 22.4 Å². The minimum absolute atomic E-state index is 0.122. The van der Waals surface area contributed by atoms with E-state index in [1.807, 2.05) is 0 Å². The van der Waals surface area contributed by atoms with Gasteiger partial charge in [-0.15, -0.1) is 11.6 Å². The largest absolute Gasteiger partial charge is 0.465 e. The molecule has 0 radical (unpaired) electrons. The second-order valence-electron chi connectivity index (χ2n) is 4.86. The van der Waals surface area contributed by atoms with Crippen molar-refractivity contribution < 1.29 is 23.9 Å². The highest BCUT2D eigenvalue weighted by Gasteiger charge is 2.16. The number of nitrogens with zero attached hydrogens (tertiary/aromatic N) is 1. The molecule has 1 rings (SSSR count). The maximum atomic E-state index is 11.9. The Labute approximate surface area is 155 Å². The number of amides is 1. The number of rotatable bonds is 8. The predicted molar refractivity (Wildman–Crippen MR) is 94.8 cm³/mol. The number of hydrogen-bond donors (Lipinski definition) is 2. The lowest BCUT2D eigenvalue weighted by Gasteiger charge is -2.10. The molecule has 138 valence electrons. The van der Waals surface area contributed by atoms with Gasteiger partial charge in [-0.2, -0.15) is 5.26 Å². The standard InChI is InChI=1S/C17H18ClN3O5/c1-25-16(23)11-4-5-13(17(24)26-2)14(8-11)21-10-12(9-19)15(22)20-7-3-6-18/h4-5,8,10,21H,3,6-7H2,1-2H3,(H,20,22)/b12-10-. The highest BCUT2D eigenvalue weighted by Crippen LogP contribution is 2.20. The number of carbonyl (C=O) groups excluding carboxylic acids is 3. The molecule has 1 aromatic carbocycles. The zero-order chi connectivity index (χ0) is 19.5. The van der Waals surface area contributed by atoms with Crippen LogP contribution in [0.15, 0.2) is 30.0 Å². The Morgan fingerprint density at radius 1 is 1.23 bits per heavy atom. The minimum Gasteiger partial charge on any atom is -0.465 e. The van der Waals surface area contributed by atoms with Crippen molar-refractivity contribution in [3.63, 3.8) is 0 Å². The first kappa shape index (κ1) is 21.0. The first-order valence-corrected chi connectivity index (χ1v) is 8.03. The number of anilines is 1. The molecule has 0 saturated carbocycles. The topological polar surface area (TPSA) is 118 Å². The van der Waals surface area contributed by atoms with E-state index in [0.717, 1.165) is 6.20 Å². The van der Waals surface area contributed by atoms with Crippen molar-refractivity contribution in [1.82, 2.24) is 5.32 Å². The Hall–Kier alpha value is -3.05. The van der Waals surface area contributed by atoms with Gasteiger partial charge in [-0.1, -0.05) is 0 Å². The monoisotopic (exact) mass is 379 g/mol. The molecule has 0 aromatic heterocycles. The van der Waals surface area contributed by atoms with E-state index in [0.29, 0.717) is 18.8 Å². The van der Waals surface area contributed by atoms with Gasteiger partial charge in [-0.25, -0.2) is 9.59 Å². The van der Waals surface area contributed by atoms with Crippen LogP contribution in [-0.2, 0) is 14.3 Å². The van der Waals surface area contributed by atoms with Gasteiger partial charge in [-0.3, -0.25) is 4.79 Å². The van der Waals surface area contributed by atoms with E-state index in [4.69, 9.17) is 16.9 Å². The third-order valence-corrected chi connectivity index (χ3v) is 3.45. The molecule has 0 aliphatic rings.